The second kappa shape index (κ2) is 8.52. The van der Waals surface area contributed by atoms with Crippen molar-refractivity contribution in [1.29, 1.82) is 0 Å². The van der Waals surface area contributed by atoms with Crippen molar-refractivity contribution in [2.75, 3.05) is 11.9 Å². The quantitative estimate of drug-likeness (QED) is 0.756. The number of carbonyl (C=O) groups excluding carboxylic acids is 3. The first-order valence-corrected chi connectivity index (χ1v) is 7.43. The fourth-order valence-electron chi connectivity index (χ4n) is 1.85. The van der Waals surface area contributed by atoms with Crippen molar-refractivity contribution < 1.29 is 23.5 Å². The molecule has 0 bridgehead atoms. The molecule has 1 atom stereocenters. The lowest BCUT2D eigenvalue weighted by Gasteiger charge is -2.13. The molecule has 7 nitrogen and oxygen atoms in total. The molecule has 0 fully saturated rings. The number of rotatable bonds is 7. The van der Waals surface area contributed by atoms with Gasteiger partial charge in [-0.3, -0.25) is 14.4 Å². The summed E-state index contributed by atoms with van der Waals surface area (Å²) in [4.78, 5) is 35.2. The lowest BCUT2D eigenvalue weighted by atomic mass is 10.3. The van der Waals surface area contributed by atoms with Gasteiger partial charge >= 0.3 is 5.97 Å². The first kappa shape index (κ1) is 17.3. The van der Waals surface area contributed by atoms with Crippen LogP contribution in [-0.2, 0) is 14.3 Å². The van der Waals surface area contributed by atoms with Gasteiger partial charge in [0, 0.05) is 12.2 Å². The van der Waals surface area contributed by atoms with Crippen LogP contribution in [0.2, 0.25) is 0 Å². The summed E-state index contributed by atoms with van der Waals surface area (Å²) in [6.07, 6.45) is 0.407. The van der Waals surface area contributed by atoms with Gasteiger partial charge in [-0.25, -0.2) is 0 Å². The average molecular weight is 330 g/mol. The third-order valence-corrected chi connectivity index (χ3v) is 3.08. The predicted octanol–water partition coefficient (Wildman–Crippen LogP) is 1.97. The smallest absolute Gasteiger partial charge is 0.308 e. The number of hydrogen-bond donors (Lipinski definition) is 2. The van der Waals surface area contributed by atoms with Crippen molar-refractivity contribution in [3.63, 3.8) is 0 Å². The second-order valence-corrected chi connectivity index (χ2v) is 4.97. The highest BCUT2D eigenvalue weighted by atomic mass is 16.5. The molecule has 0 radical (unpaired) electrons. The molecule has 7 heteroatoms. The molecule has 0 aliphatic rings. The summed E-state index contributed by atoms with van der Waals surface area (Å²) in [5, 5.41) is 5.17. The van der Waals surface area contributed by atoms with Crippen LogP contribution in [0.1, 0.15) is 23.9 Å². The summed E-state index contributed by atoms with van der Waals surface area (Å²) in [6, 6.07) is 12.0. The van der Waals surface area contributed by atoms with Crippen LogP contribution >= 0.6 is 0 Å². The summed E-state index contributed by atoms with van der Waals surface area (Å²) in [5.41, 5.74) is 0.621. The van der Waals surface area contributed by atoms with Crippen LogP contribution in [0.15, 0.2) is 53.1 Å². The molecule has 0 aliphatic heterocycles. The van der Waals surface area contributed by atoms with Crippen LogP contribution in [0.4, 0.5) is 5.69 Å². The van der Waals surface area contributed by atoms with Crippen molar-refractivity contribution in [2.45, 2.75) is 19.4 Å². The maximum Gasteiger partial charge on any atom is 0.308 e. The van der Waals surface area contributed by atoms with E-state index in [0.717, 1.165) is 0 Å². The molecule has 24 heavy (non-hydrogen) atoms. The van der Waals surface area contributed by atoms with Crippen molar-refractivity contribution in [1.82, 2.24) is 5.32 Å². The van der Waals surface area contributed by atoms with Gasteiger partial charge < -0.3 is 19.8 Å². The highest BCUT2D eigenvalue weighted by molar-refractivity contribution is 5.95. The van der Waals surface area contributed by atoms with Gasteiger partial charge in [-0.2, -0.15) is 0 Å². The molecule has 126 valence electrons. The van der Waals surface area contributed by atoms with E-state index in [-0.39, 0.29) is 18.7 Å². The lowest BCUT2D eigenvalue weighted by Crippen LogP contribution is -2.32. The predicted molar refractivity (Wildman–Crippen MR) is 86.3 cm³/mol. The molecule has 0 saturated carbocycles. The van der Waals surface area contributed by atoms with Crippen LogP contribution in [0.5, 0.6) is 0 Å². The van der Waals surface area contributed by atoms with Gasteiger partial charge in [0.1, 0.15) is 0 Å². The summed E-state index contributed by atoms with van der Waals surface area (Å²) in [7, 11) is 0. The maximum absolute atomic E-state index is 11.9. The topological polar surface area (TPSA) is 97.6 Å². The Hall–Kier alpha value is -3.09. The van der Waals surface area contributed by atoms with Crippen molar-refractivity contribution in [3.05, 3.63) is 54.5 Å². The molecule has 1 heterocycles. The number of nitrogens with one attached hydrogen (secondary N) is 2. The van der Waals surface area contributed by atoms with Gasteiger partial charge in [0.25, 0.3) is 11.8 Å². The summed E-state index contributed by atoms with van der Waals surface area (Å²) in [5.74, 6) is -1.25. The summed E-state index contributed by atoms with van der Waals surface area (Å²) >= 11 is 0. The van der Waals surface area contributed by atoms with Gasteiger partial charge in [0.15, 0.2) is 11.9 Å². The summed E-state index contributed by atoms with van der Waals surface area (Å²) < 4.78 is 9.96. The SMILES string of the molecule is C[C@@H](OC(=O)CCNC(=O)c1ccco1)C(=O)Nc1ccccc1. The van der Waals surface area contributed by atoms with Gasteiger partial charge in [-0.1, -0.05) is 18.2 Å². The van der Waals surface area contributed by atoms with E-state index >= 15 is 0 Å². The van der Waals surface area contributed by atoms with E-state index in [1.165, 1.54) is 19.3 Å². The number of benzene rings is 1. The first-order chi connectivity index (χ1) is 11.6. The number of carbonyl (C=O) groups is 3. The van der Waals surface area contributed by atoms with Gasteiger partial charge in [0.05, 0.1) is 12.7 Å². The Labute approximate surface area is 139 Å². The van der Waals surface area contributed by atoms with Crippen LogP contribution in [0, 0.1) is 0 Å². The Morgan fingerprint density at radius 1 is 1.12 bits per heavy atom. The van der Waals surface area contributed by atoms with E-state index in [1.807, 2.05) is 6.07 Å². The number of para-hydroxylation sites is 1. The van der Waals surface area contributed by atoms with Gasteiger partial charge in [-0.05, 0) is 31.2 Å². The Morgan fingerprint density at radius 3 is 2.54 bits per heavy atom. The Morgan fingerprint density at radius 2 is 1.88 bits per heavy atom. The molecule has 1 aromatic heterocycles. The molecule has 2 aromatic rings. The minimum Gasteiger partial charge on any atom is -0.459 e. The van der Waals surface area contributed by atoms with E-state index in [4.69, 9.17) is 9.15 Å². The van der Waals surface area contributed by atoms with Crippen molar-refractivity contribution in [3.8, 4) is 0 Å². The minimum absolute atomic E-state index is 0.0462. The fraction of sp³-hybridized carbons (Fsp3) is 0.235. The highest BCUT2D eigenvalue weighted by Gasteiger charge is 2.18. The van der Waals surface area contributed by atoms with Crippen LogP contribution in [0.3, 0.4) is 0 Å². The van der Waals surface area contributed by atoms with Crippen LogP contribution in [0.25, 0.3) is 0 Å². The minimum atomic E-state index is -0.932. The third-order valence-electron chi connectivity index (χ3n) is 3.08. The number of esters is 1. The van der Waals surface area contributed by atoms with E-state index < -0.39 is 23.9 Å². The van der Waals surface area contributed by atoms with Crippen molar-refractivity contribution in [2.24, 2.45) is 0 Å². The number of ether oxygens (including phenoxy) is 1. The monoisotopic (exact) mass is 330 g/mol. The van der Waals surface area contributed by atoms with E-state index in [1.54, 1.807) is 30.3 Å². The zero-order chi connectivity index (χ0) is 17.4. The molecule has 0 unspecified atom stereocenters. The third kappa shape index (κ3) is 5.28. The van der Waals surface area contributed by atoms with E-state index in [9.17, 15) is 14.4 Å². The largest absolute Gasteiger partial charge is 0.459 e. The zero-order valence-electron chi connectivity index (χ0n) is 13.2. The molecule has 0 spiro atoms. The summed E-state index contributed by atoms with van der Waals surface area (Å²) in [6.45, 7) is 1.57. The second-order valence-electron chi connectivity index (χ2n) is 4.97. The Bertz CT molecular complexity index is 682. The van der Waals surface area contributed by atoms with Gasteiger partial charge in [0.2, 0.25) is 0 Å². The van der Waals surface area contributed by atoms with Crippen LogP contribution in [-0.4, -0.2) is 30.4 Å². The van der Waals surface area contributed by atoms with Crippen LogP contribution < -0.4 is 10.6 Å². The first-order valence-electron chi connectivity index (χ1n) is 7.43. The Kier molecular flexibility index (Phi) is 6.13. The number of anilines is 1. The number of hydrogen-bond acceptors (Lipinski definition) is 5. The molecule has 2 N–H and O–H groups in total. The zero-order valence-corrected chi connectivity index (χ0v) is 13.2. The molecule has 1 aromatic carbocycles. The molecule has 2 amide bonds. The van der Waals surface area contributed by atoms with E-state index in [0.29, 0.717) is 5.69 Å². The number of furan rings is 1. The molecule has 0 saturated heterocycles. The Balaban J connectivity index is 1.69. The lowest BCUT2D eigenvalue weighted by molar-refractivity contribution is -0.153. The molecular formula is C17H18N2O5. The average Bonchev–Trinajstić information content (AvgIpc) is 3.10. The molecule has 0 aliphatic carbocycles. The standard InChI is InChI=1S/C17H18N2O5/c1-12(16(21)19-13-6-3-2-4-7-13)24-15(20)9-10-18-17(22)14-8-5-11-23-14/h2-8,11-12H,9-10H2,1H3,(H,18,22)(H,19,21)/t12-/m1/s1. The van der Waals surface area contributed by atoms with Gasteiger partial charge in [-0.15, -0.1) is 0 Å². The fourth-order valence-corrected chi connectivity index (χ4v) is 1.85. The number of amides is 2. The van der Waals surface area contributed by atoms with Crippen molar-refractivity contribution >= 4 is 23.5 Å². The maximum atomic E-state index is 11.9. The normalized spacial score (nSPS) is 11.4. The van der Waals surface area contributed by atoms with E-state index in [2.05, 4.69) is 10.6 Å². The molecule has 2 rings (SSSR count). The molecular weight excluding hydrogens is 312 g/mol. The highest BCUT2D eigenvalue weighted by Crippen LogP contribution is 2.07.